The zero-order valence-electron chi connectivity index (χ0n) is 18.1. The van der Waals surface area contributed by atoms with Crippen LogP contribution < -0.4 is 4.74 Å². The standard InChI is InChI=1S/C25H21F3N2O3S/c1-33-18-10-12-19(13-11-18)34(31,32)30-15-14-21-20-4-2-3-5-22(20)29-23(21)24(30)16-6-8-17(9-7-16)25(26,27)28/h2-13,24,29H,14-15H2,1H3. The number of halogens is 3. The van der Waals surface area contributed by atoms with Gasteiger partial charge in [-0.25, -0.2) is 8.42 Å². The van der Waals surface area contributed by atoms with E-state index in [1.54, 1.807) is 12.1 Å². The van der Waals surface area contributed by atoms with Crippen LogP contribution in [0.3, 0.4) is 0 Å². The largest absolute Gasteiger partial charge is 0.497 e. The molecular weight excluding hydrogens is 465 g/mol. The molecule has 1 N–H and O–H groups in total. The molecule has 2 heterocycles. The summed E-state index contributed by atoms with van der Waals surface area (Å²) in [5, 5.41) is 0.982. The summed E-state index contributed by atoms with van der Waals surface area (Å²) in [6, 6.07) is 17.6. The van der Waals surface area contributed by atoms with Crippen LogP contribution in [0.15, 0.2) is 77.7 Å². The van der Waals surface area contributed by atoms with Gasteiger partial charge >= 0.3 is 6.18 Å². The van der Waals surface area contributed by atoms with Gasteiger partial charge in [0.25, 0.3) is 0 Å². The maximum atomic E-state index is 13.7. The Kier molecular flexibility index (Phi) is 5.41. The Hall–Kier alpha value is -3.30. The minimum Gasteiger partial charge on any atom is -0.497 e. The minimum absolute atomic E-state index is 0.0878. The SMILES string of the molecule is COc1ccc(S(=O)(=O)N2CCc3c([nH]c4ccccc34)C2c2ccc(C(F)(F)F)cc2)cc1. The molecule has 0 bridgehead atoms. The van der Waals surface area contributed by atoms with E-state index in [9.17, 15) is 21.6 Å². The van der Waals surface area contributed by atoms with Gasteiger partial charge in [0, 0.05) is 23.1 Å². The first-order chi connectivity index (χ1) is 16.2. The number of nitrogens with one attached hydrogen (secondary N) is 1. The number of nitrogens with zero attached hydrogens (tertiary/aromatic N) is 1. The van der Waals surface area contributed by atoms with E-state index < -0.39 is 27.8 Å². The average Bonchev–Trinajstić information content (AvgIpc) is 3.22. The number of aromatic amines is 1. The van der Waals surface area contributed by atoms with Crippen molar-refractivity contribution in [1.29, 1.82) is 0 Å². The summed E-state index contributed by atoms with van der Waals surface area (Å²) in [5.41, 5.74) is 2.17. The molecule has 0 spiro atoms. The Morgan fingerprint density at radius 2 is 1.65 bits per heavy atom. The van der Waals surface area contributed by atoms with Gasteiger partial charge in [0.1, 0.15) is 5.75 Å². The van der Waals surface area contributed by atoms with Crippen molar-refractivity contribution in [2.24, 2.45) is 0 Å². The van der Waals surface area contributed by atoms with Crippen LogP contribution in [-0.2, 0) is 22.6 Å². The summed E-state index contributed by atoms with van der Waals surface area (Å²) in [4.78, 5) is 3.42. The number of sulfonamides is 1. The maximum absolute atomic E-state index is 13.7. The number of ether oxygens (including phenoxy) is 1. The normalized spacial score (nSPS) is 17.0. The van der Waals surface area contributed by atoms with Crippen LogP contribution in [0.2, 0.25) is 0 Å². The Morgan fingerprint density at radius 1 is 0.971 bits per heavy atom. The highest BCUT2D eigenvalue weighted by Crippen LogP contribution is 2.42. The summed E-state index contributed by atoms with van der Waals surface area (Å²) in [7, 11) is -2.48. The fraction of sp³-hybridized carbons (Fsp3) is 0.200. The number of rotatable bonds is 4. The van der Waals surface area contributed by atoms with E-state index in [-0.39, 0.29) is 11.4 Å². The molecule has 1 aliphatic rings. The van der Waals surface area contributed by atoms with Crippen LogP contribution in [0.1, 0.15) is 28.4 Å². The molecule has 1 atom stereocenters. The molecule has 0 radical (unpaired) electrons. The van der Waals surface area contributed by atoms with E-state index >= 15 is 0 Å². The molecular formula is C25H21F3N2O3S. The molecule has 34 heavy (non-hydrogen) atoms. The Morgan fingerprint density at radius 3 is 2.29 bits per heavy atom. The second-order valence-corrected chi connectivity index (χ2v) is 10.0. The lowest BCUT2D eigenvalue weighted by molar-refractivity contribution is -0.137. The Balaban J connectivity index is 1.66. The summed E-state index contributed by atoms with van der Waals surface area (Å²) in [6.45, 7) is 0.189. The van der Waals surface area contributed by atoms with E-state index in [0.717, 1.165) is 28.6 Å². The van der Waals surface area contributed by atoms with Gasteiger partial charge in [-0.2, -0.15) is 17.5 Å². The molecule has 3 aromatic carbocycles. The fourth-order valence-electron chi connectivity index (χ4n) is 4.55. The van der Waals surface area contributed by atoms with Crippen LogP contribution in [0.5, 0.6) is 5.75 Å². The first kappa shape index (κ1) is 22.5. The lowest BCUT2D eigenvalue weighted by Gasteiger charge is -2.35. The van der Waals surface area contributed by atoms with Crippen molar-refractivity contribution < 1.29 is 26.3 Å². The Labute approximate surface area is 194 Å². The molecule has 0 aliphatic carbocycles. The topological polar surface area (TPSA) is 62.4 Å². The number of para-hydroxylation sites is 1. The fourth-order valence-corrected chi connectivity index (χ4v) is 6.14. The van der Waals surface area contributed by atoms with Crippen LogP contribution >= 0.6 is 0 Å². The van der Waals surface area contributed by atoms with Gasteiger partial charge in [-0.15, -0.1) is 0 Å². The van der Waals surface area contributed by atoms with Gasteiger partial charge in [-0.1, -0.05) is 30.3 Å². The quantitative estimate of drug-likeness (QED) is 0.413. The minimum atomic E-state index is -4.48. The van der Waals surface area contributed by atoms with Gasteiger partial charge in [-0.05, 0) is 60.0 Å². The van der Waals surface area contributed by atoms with Gasteiger partial charge in [0.15, 0.2) is 0 Å². The summed E-state index contributed by atoms with van der Waals surface area (Å²) in [6.07, 6.45) is -4.00. The van der Waals surface area contributed by atoms with E-state index in [0.29, 0.717) is 23.4 Å². The Bertz CT molecular complexity index is 1440. The number of methoxy groups -OCH3 is 1. The third-order valence-corrected chi connectivity index (χ3v) is 8.09. The highest BCUT2D eigenvalue weighted by atomic mass is 32.2. The molecule has 9 heteroatoms. The molecule has 0 saturated carbocycles. The lowest BCUT2D eigenvalue weighted by Crippen LogP contribution is -2.40. The highest BCUT2D eigenvalue weighted by molar-refractivity contribution is 7.89. The number of hydrogen-bond donors (Lipinski definition) is 1. The smallest absolute Gasteiger partial charge is 0.416 e. The van der Waals surface area contributed by atoms with E-state index in [2.05, 4.69) is 4.98 Å². The van der Waals surface area contributed by atoms with Crippen LogP contribution in [0.4, 0.5) is 13.2 Å². The van der Waals surface area contributed by atoms with Crippen molar-refractivity contribution in [2.75, 3.05) is 13.7 Å². The van der Waals surface area contributed by atoms with E-state index in [1.165, 1.54) is 35.7 Å². The number of aromatic nitrogens is 1. The van der Waals surface area contributed by atoms with Gasteiger partial charge in [0.2, 0.25) is 10.0 Å². The van der Waals surface area contributed by atoms with Gasteiger partial charge in [-0.3, -0.25) is 0 Å². The average molecular weight is 487 g/mol. The third-order valence-electron chi connectivity index (χ3n) is 6.21. The van der Waals surface area contributed by atoms with Gasteiger partial charge in [0.05, 0.1) is 23.6 Å². The zero-order valence-corrected chi connectivity index (χ0v) is 19.0. The summed E-state index contributed by atoms with van der Waals surface area (Å²) < 4.78 is 73.4. The number of alkyl halides is 3. The van der Waals surface area contributed by atoms with Crippen molar-refractivity contribution >= 4 is 20.9 Å². The maximum Gasteiger partial charge on any atom is 0.416 e. The molecule has 5 nitrogen and oxygen atoms in total. The third kappa shape index (κ3) is 3.74. The second kappa shape index (κ2) is 8.18. The predicted octanol–water partition coefficient (Wildman–Crippen LogP) is 5.53. The van der Waals surface area contributed by atoms with Gasteiger partial charge < -0.3 is 9.72 Å². The molecule has 0 amide bonds. The first-order valence-electron chi connectivity index (χ1n) is 10.6. The number of hydrogen-bond acceptors (Lipinski definition) is 3. The molecule has 4 aromatic rings. The predicted molar refractivity (Wildman–Crippen MR) is 122 cm³/mol. The van der Waals surface area contributed by atoms with Crippen LogP contribution in [0, 0.1) is 0 Å². The van der Waals surface area contributed by atoms with Crippen molar-refractivity contribution in [3.05, 3.63) is 95.2 Å². The molecule has 1 unspecified atom stereocenters. The molecule has 176 valence electrons. The van der Waals surface area contributed by atoms with E-state index in [1.807, 2.05) is 24.3 Å². The second-order valence-electron chi connectivity index (χ2n) is 8.13. The summed E-state index contributed by atoms with van der Waals surface area (Å²) >= 11 is 0. The van der Waals surface area contributed by atoms with E-state index in [4.69, 9.17) is 4.74 Å². The van der Waals surface area contributed by atoms with Crippen molar-refractivity contribution in [3.63, 3.8) is 0 Å². The zero-order chi connectivity index (χ0) is 24.1. The van der Waals surface area contributed by atoms with Crippen molar-refractivity contribution in [1.82, 2.24) is 9.29 Å². The first-order valence-corrected chi connectivity index (χ1v) is 12.1. The highest BCUT2D eigenvalue weighted by Gasteiger charge is 2.39. The van der Waals surface area contributed by atoms with Crippen LogP contribution in [-0.4, -0.2) is 31.4 Å². The summed E-state index contributed by atoms with van der Waals surface area (Å²) in [5.74, 6) is 0.523. The molecule has 1 aliphatic heterocycles. The number of benzene rings is 3. The molecule has 1 aromatic heterocycles. The molecule has 5 rings (SSSR count). The molecule has 0 saturated heterocycles. The van der Waals surface area contributed by atoms with Crippen molar-refractivity contribution in [3.8, 4) is 5.75 Å². The van der Waals surface area contributed by atoms with Crippen molar-refractivity contribution in [2.45, 2.75) is 23.5 Å². The number of H-pyrrole nitrogens is 1. The van der Waals surface area contributed by atoms with Crippen LogP contribution in [0.25, 0.3) is 10.9 Å². The monoisotopic (exact) mass is 486 g/mol. The lowest BCUT2D eigenvalue weighted by atomic mass is 9.94. The number of fused-ring (bicyclic) bond motifs is 3. The molecule has 0 fully saturated rings.